The Morgan fingerprint density at radius 1 is 1.41 bits per heavy atom. The van der Waals surface area contributed by atoms with Gasteiger partial charge < -0.3 is 20.5 Å². The van der Waals surface area contributed by atoms with Gasteiger partial charge in [-0.15, -0.1) is 0 Å². The molecule has 17 heavy (non-hydrogen) atoms. The van der Waals surface area contributed by atoms with Crippen LogP contribution in [-0.4, -0.2) is 31.2 Å². The molecule has 0 spiro atoms. The number of hydrogen-bond acceptors (Lipinski definition) is 4. The van der Waals surface area contributed by atoms with Gasteiger partial charge >= 0.3 is 0 Å². The van der Waals surface area contributed by atoms with Gasteiger partial charge in [-0.3, -0.25) is 4.79 Å². The second kappa shape index (κ2) is 6.70. The van der Waals surface area contributed by atoms with Gasteiger partial charge in [0.2, 0.25) is 0 Å². The van der Waals surface area contributed by atoms with Crippen molar-refractivity contribution >= 4 is 23.1 Å². The Morgan fingerprint density at radius 3 is 2.65 bits per heavy atom. The molecule has 0 aliphatic carbocycles. The molecule has 6 heteroatoms. The summed E-state index contributed by atoms with van der Waals surface area (Å²) < 4.78 is 10.4. The van der Waals surface area contributed by atoms with Crippen molar-refractivity contribution in [1.29, 1.82) is 0 Å². The van der Waals surface area contributed by atoms with Crippen molar-refractivity contribution in [3.63, 3.8) is 0 Å². The van der Waals surface area contributed by atoms with Gasteiger partial charge in [0, 0.05) is 0 Å². The number of nitrogens with one attached hydrogen (secondary N) is 1. The molecular formula is C11H14N2O3S. The molecule has 5 nitrogen and oxygen atoms in total. The van der Waals surface area contributed by atoms with E-state index < -0.39 is 0 Å². The van der Waals surface area contributed by atoms with Crippen LogP contribution in [0.1, 0.15) is 0 Å². The van der Waals surface area contributed by atoms with Crippen LogP contribution in [0.2, 0.25) is 0 Å². The lowest BCUT2D eigenvalue weighted by molar-refractivity contribution is -0.122. The number of para-hydroxylation sites is 2. The van der Waals surface area contributed by atoms with Gasteiger partial charge in [0.15, 0.2) is 18.1 Å². The van der Waals surface area contributed by atoms with Crippen molar-refractivity contribution in [3.05, 3.63) is 24.3 Å². The molecule has 0 saturated heterocycles. The molecule has 0 bridgehead atoms. The highest BCUT2D eigenvalue weighted by molar-refractivity contribution is 7.80. The zero-order valence-electron chi connectivity index (χ0n) is 9.43. The van der Waals surface area contributed by atoms with Gasteiger partial charge in [-0.1, -0.05) is 24.4 Å². The first-order valence-corrected chi connectivity index (χ1v) is 5.35. The van der Waals surface area contributed by atoms with E-state index in [0.717, 1.165) is 0 Å². The Balaban J connectivity index is 2.44. The molecule has 0 aromatic heterocycles. The van der Waals surface area contributed by atoms with Crippen LogP contribution in [0.5, 0.6) is 11.5 Å². The van der Waals surface area contributed by atoms with Crippen LogP contribution < -0.4 is 20.5 Å². The van der Waals surface area contributed by atoms with Crippen molar-refractivity contribution in [2.24, 2.45) is 5.73 Å². The molecule has 0 radical (unpaired) electrons. The Hall–Kier alpha value is -1.82. The monoisotopic (exact) mass is 254 g/mol. The molecule has 0 fully saturated rings. The average molecular weight is 254 g/mol. The molecule has 92 valence electrons. The number of ether oxygens (including phenoxy) is 2. The highest BCUT2D eigenvalue weighted by Crippen LogP contribution is 2.25. The van der Waals surface area contributed by atoms with Crippen molar-refractivity contribution in [2.75, 3.05) is 20.3 Å². The van der Waals surface area contributed by atoms with Crippen molar-refractivity contribution in [1.82, 2.24) is 5.32 Å². The van der Waals surface area contributed by atoms with Crippen LogP contribution in [0.3, 0.4) is 0 Å². The fourth-order valence-electron chi connectivity index (χ4n) is 1.12. The van der Waals surface area contributed by atoms with Crippen molar-refractivity contribution < 1.29 is 14.3 Å². The normalized spacial score (nSPS) is 9.47. The molecule has 0 aliphatic heterocycles. The molecule has 1 aromatic rings. The summed E-state index contributed by atoms with van der Waals surface area (Å²) in [6.07, 6.45) is 0. The number of benzene rings is 1. The van der Waals surface area contributed by atoms with Gasteiger partial charge in [0.05, 0.1) is 18.6 Å². The number of nitrogens with two attached hydrogens (primary N) is 1. The van der Waals surface area contributed by atoms with Gasteiger partial charge in [0.25, 0.3) is 5.91 Å². The molecule has 3 N–H and O–H groups in total. The number of carbonyl (C=O) groups excluding carboxylic acids is 1. The Bertz CT molecular complexity index is 409. The van der Waals surface area contributed by atoms with Crippen LogP contribution in [-0.2, 0) is 4.79 Å². The third kappa shape index (κ3) is 4.69. The topological polar surface area (TPSA) is 73.6 Å². The Kier molecular flexibility index (Phi) is 5.22. The lowest BCUT2D eigenvalue weighted by Crippen LogP contribution is -2.35. The lowest BCUT2D eigenvalue weighted by atomic mass is 10.3. The van der Waals surface area contributed by atoms with Crippen LogP contribution in [0.25, 0.3) is 0 Å². The Morgan fingerprint density at radius 2 is 2.06 bits per heavy atom. The summed E-state index contributed by atoms with van der Waals surface area (Å²) >= 11 is 4.63. The molecular weight excluding hydrogens is 240 g/mol. The molecule has 0 heterocycles. The fourth-order valence-corrected chi connectivity index (χ4v) is 1.19. The van der Waals surface area contributed by atoms with Crippen LogP contribution >= 0.6 is 12.2 Å². The standard InChI is InChI=1S/C11H14N2O3S/c1-15-8-4-2-3-5-9(8)16-7-11(14)13-6-10(12)17/h2-5H,6-7H2,1H3,(H2,12,17)(H,13,14). The second-order valence-electron chi connectivity index (χ2n) is 3.18. The first-order valence-electron chi connectivity index (χ1n) is 4.94. The minimum atomic E-state index is -0.288. The molecule has 0 atom stereocenters. The van der Waals surface area contributed by atoms with E-state index in [9.17, 15) is 4.79 Å². The van der Waals surface area contributed by atoms with E-state index in [4.69, 9.17) is 15.2 Å². The predicted octanol–water partition coefficient (Wildman–Crippen LogP) is 0.476. The van der Waals surface area contributed by atoms with Crippen LogP contribution in [0.4, 0.5) is 0 Å². The lowest BCUT2D eigenvalue weighted by Gasteiger charge is -2.10. The third-order valence-electron chi connectivity index (χ3n) is 1.89. The summed E-state index contributed by atoms with van der Waals surface area (Å²) in [6.45, 7) is 0.0619. The summed E-state index contributed by atoms with van der Waals surface area (Å²) in [7, 11) is 1.54. The van der Waals surface area contributed by atoms with E-state index in [1.165, 1.54) is 7.11 Å². The highest BCUT2D eigenvalue weighted by atomic mass is 32.1. The van der Waals surface area contributed by atoms with Crippen LogP contribution in [0.15, 0.2) is 24.3 Å². The number of amides is 1. The minimum Gasteiger partial charge on any atom is -0.493 e. The summed E-state index contributed by atoms with van der Waals surface area (Å²) in [4.78, 5) is 11.6. The maximum absolute atomic E-state index is 11.3. The average Bonchev–Trinajstić information content (AvgIpc) is 2.34. The maximum Gasteiger partial charge on any atom is 0.258 e. The van der Waals surface area contributed by atoms with Crippen LogP contribution in [0, 0.1) is 0 Å². The van der Waals surface area contributed by atoms with Gasteiger partial charge in [0.1, 0.15) is 0 Å². The number of methoxy groups -OCH3 is 1. The molecule has 0 aliphatic rings. The predicted molar refractivity (Wildman–Crippen MR) is 68.3 cm³/mol. The first-order chi connectivity index (χ1) is 8.13. The number of hydrogen-bond donors (Lipinski definition) is 2. The Labute approximate surface area is 105 Å². The number of carbonyl (C=O) groups is 1. The molecule has 1 amide bonds. The second-order valence-corrected chi connectivity index (χ2v) is 3.71. The molecule has 1 aromatic carbocycles. The number of rotatable bonds is 6. The first kappa shape index (κ1) is 13.2. The third-order valence-corrected chi connectivity index (χ3v) is 2.03. The molecule has 0 unspecified atom stereocenters. The van der Waals surface area contributed by atoms with E-state index in [1.54, 1.807) is 18.2 Å². The highest BCUT2D eigenvalue weighted by Gasteiger charge is 2.06. The van der Waals surface area contributed by atoms with Gasteiger partial charge in [-0.25, -0.2) is 0 Å². The summed E-state index contributed by atoms with van der Waals surface area (Å²) in [5, 5.41) is 2.52. The zero-order valence-corrected chi connectivity index (χ0v) is 10.3. The number of thiocarbonyl (C=S) groups is 1. The van der Waals surface area contributed by atoms with Gasteiger partial charge in [-0.05, 0) is 12.1 Å². The zero-order chi connectivity index (χ0) is 12.7. The van der Waals surface area contributed by atoms with E-state index >= 15 is 0 Å². The van der Waals surface area contributed by atoms with Crippen molar-refractivity contribution in [2.45, 2.75) is 0 Å². The fraction of sp³-hybridized carbons (Fsp3) is 0.273. The quantitative estimate of drug-likeness (QED) is 0.722. The van der Waals surface area contributed by atoms with E-state index in [-0.39, 0.29) is 24.0 Å². The van der Waals surface area contributed by atoms with Crippen molar-refractivity contribution in [3.8, 4) is 11.5 Å². The van der Waals surface area contributed by atoms with E-state index in [2.05, 4.69) is 17.5 Å². The molecule has 1 rings (SSSR count). The summed E-state index contributed by atoms with van der Waals surface area (Å²) in [5.41, 5.74) is 5.25. The SMILES string of the molecule is COc1ccccc1OCC(=O)NCC(N)=S. The summed E-state index contributed by atoms with van der Waals surface area (Å²) in [6, 6.07) is 7.09. The smallest absolute Gasteiger partial charge is 0.258 e. The summed E-state index contributed by atoms with van der Waals surface area (Å²) in [5.74, 6) is 0.804. The van der Waals surface area contributed by atoms with E-state index in [1.807, 2.05) is 6.07 Å². The maximum atomic E-state index is 11.3. The largest absolute Gasteiger partial charge is 0.493 e. The minimum absolute atomic E-state index is 0.108. The van der Waals surface area contributed by atoms with E-state index in [0.29, 0.717) is 11.5 Å². The molecule has 0 saturated carbocycles. The van der Waals surface area contributed by atoms with Gasteiger partial charge in [-0.2, -0.15) is 0 Å².